The molecule has 9 heteroatoms. The van der Waals surface area contributed by atoms with Crippen LogP contribution in [0.3, 0.4) is 0 Å². The summed E-state index contributed by atoms with van der Waals surface area (Å²) in [5.74, 6) is 0.126. The molecule has 0 spiro atoms. The number of amides is 1. The van der Waals surface area contributed by atoms with Gasteiger partial charge < -0.3 is 15.7 Å². The Labute approximate surface area is 199 Å². The molecular formula is C22H29Cl2N3O3S. The first-order valence-electron chi connectivity index (χ1n) is 10.4. The van der Waals surface area contributed by atoms with Crippen molar-refractivity contribution in [1.82, 2.24) is 9.88 Å². The summed E-state index contributed by atoms with van der Waals surface area (Å²) >= 11 is 1.41. The van der Waals surface area contributed by atoms with Crippen LogP contribution in [0, 0.1) is 5.92 Å². The second-order valence-corrected chi connectivity index (χ2v) is 8.95. The highest BCUT2D eigenvalue weighted by Crippen LogP contribution is 2.36. The molecule has 3 N–H and O–H groups in total. The number of carbonyl (C=O) groups is 2. The van der Waals surface area contributed by atoms with Gasteiger partial charge in [-0.1, -0.05) is 31.4 Å². The molecule has 2 aliphatic rings. The minimum Gasteiger partial charge on any atom is -0.508 e. The van der Waals surface area contributed by atoms with Crippen LogP contribution < -0.4 is 5.73 Å². The van der Waals surface area contributed by atoms with Gasteiger partial charge in [0.25, 0.3) is 0 Å². The first-order chi connectivity index (χ1) is 14.0. The summed E-state index contributed by atoms with van der Waals surface area (Å²) in [7, 11) is 0. The average Bonchev–Trinajstić information content (AvgIpc) is 3.42. The number of ketones is 1. The summed E-state index contributed by atoms with van der Waals surface area (Å²) in [6, 6.07) is 5.73. The number of likely N-dealkylation sites (tertiary alicyclic amines) is 1. The number of aromatic hydroxyl groups is 1. The molecule has 0 bridgehead atoms. The van der Waals surface area contributed by atoms with E-state index in [1.54, 1.807) is 17.5 Å². The van der Waals surface area contributed by atoms with Gasteiger partial charge in [0.05, 0.1) is 12.1 Å². The third-order valence-electron chi connectivity index (χ3n) is 6.13. The number of halogens is 2. The van der Waals surface area contributed by atoms with Crippen molar-refractivity contribution in [2.75, 3.05) is 6.54 Å². The summed E-state index contributed by atoms with van der Waals surface area (Å²) in [5.41, 5.74) is 7.13. The van der Waals surface area contributed by atoms with Gasteiger partial charge in [0, 0.05) is 17.5 Å². The maximum absolute atomic E-state index is 13.1. The lowest BCUT2D eigenvalue weighted by atomic mass is 9.83. The van der Waals surface area contributed by atoms with Crippen molar-refractivity contribution in [1.29, 1.82) is 0 Å². The Morgan fingerprint density at radius 3 is 2.58 bits per heavy atom. The van der Waals surface area contributed by atoms with Gasteiger partial charge in [-0.2, -0.15) is 0 Å². The lowest BCUT2D eigenvalue weighted by molar-refractivity contribution is -0.135. The van der Waals surface area contributed by atoms with Gasteiger partial charge in [0.15, 0.2) is 0 Å². The average molecular weight is 486 g/mol. The number of carbonyl (C=O) groups excluding carboxylic acids is 2. The van der Waals surface area contributed by atoms with Crippen molar-refractivity contribution < 1.29 is 14.7 Å². The van der Waals surface area contributed by atoms with E-state index in [-0.39, 0.29) is 54.2 Å². The molecule has 2 unspecified atom stereocenters. The topological polar surface area (TPSA) is 96.5 Å². The van der Waals surface area contributed by atoms with E-state index < -0.39 is 6.04 Å². The normalized spacial score (nSPS) is 19.9. The summed E-state index contributed by atoms with van der Waals surface area (Å²) in [6.07, 6.45) is 7.37. The maximum Gasteiger partial charge on any atom is 0.240 e. The summed E-state index contributed by atoms with van der Waals surface area (Å²) in [4.78, 5) is 32.2. The molecule has 6 nitrogen and oxygen atoms in total. The molecule has 2 fully saturated rings. The molecule has 2 aromatic rings. The van der Waals surface area contributed by atoms with Crippen molar-refractivity contribution in [3.05, 3.63) is 45.9 Å². The highest BCUT2D eigenvalue weighted by molar-refractivity contribution is 7.10. The number of phenolic OH excluding ortho intramolecular Hbond substituents is 1. The number of benzene rings is 1. The smallest absolute Gasteiger partial charge is 0.240 e. The zero-order valence-corrected chi connectivity index (χ0v) is 19.7. The number of nitrogens with two attached hydrogens (primary N) is 1. The third-order valence-corrected chi connectivity index (χ3v) is 7.07. The number of nitrogens with zero attached hydrogens (tertiary/aromatic N) is 2. The Morgan fingerprint density at radius 1 is 1.13 bits per heavy atom. The summed E-state index contributed by atoms with van der Waals surface area (Å²) in [6.45, 7) is 0.694. The van der Waals surface area contributed by atoms with Crippen LogP contribution in [0.25, 0.3) is 0 Å². The number of aromatic nitrogens is 1. The minimum absolute atomic E-state index is 0. The van der Waals surface area contributed by atoms with Crippen molar-refractivity contribution >= 4 is 47.8 Å². The van der Waals surface area contributed by atoms with Crippen molar-refractivity contribution in [3.8, 4) is 5.75 Å². The van der Waals surface area contributed by atoms with Crippen molar-refractivity contribution in [2.45, 2.75) is 57.0 Å². The first kappa shape index (κ1) is 25.6. The summed E-state index contributed by atoms with van der Waals surface area (Å²) < 4.78 is 0. The van der Waals surface area contributed by atoms with Gasteiger partial charge in [-0.15, -0.1) is 36.2 Å². The van der Waals surface area contributed by atoms with Crippen LogP contribution in [0.2, 0.25) is 0 Å². The van der Waals surface area contributed by atoms with Crippen LogP contribution in [0.15, 0.2) is 29.6 Å². The van der Waals surface area contributed by atoms with Gasteiger partial charge in [-0.05, 0) is 43.7 Å². The molecule has 1 saturated heterocycles. The molecule has 31 heavy (non-hydrogen) atoms. The Kier molecular flexibility index (Phi) is 9.30. The first-order valence-corrected chi connectivity index (χ1v) is 11.3. The number of hydrogen-bond acceptors (Lipinski definition) is 6. The van der Waals surface area contributed by atoms with Crippen LogP contribution in [-0.2, 0) is 4.79 Å². The lowest BCUT2D eigenvalue weighted by Gasteiger charge is -2.32. The maximum atomic E-state index is 13.1. The quantitative estimate of drug-likeness (QED) is 0.607. The van der Waals surface area contributed by atoms with Crippen molar-refractivity contribution in [3.63, 3.8) is 0 Å². The van der Waals surface area contributed by atoms with Gasteiger partial charge in [-0.3, -0.25) is 9.59 Å². The second kappa shape index (κ2) is 11.3. The fourth-order valence-corrected chi connectivity index (χ4v) is 5.46. The molecule has 0 radical (unpaired) electrons. The molecule has 2 heterocycles. The van der Waals surface area contributed by atoms with E-state index >= 15 is 0 Å². The van der Waals surface area contributed by atoms with E-state index in [4.69, 9.17) is 5.73 Å². The van der Waals surface area contributed by atoms with E-state index in [1.807, 2.05) is 4.90 Å². The fourth-order valence-electron chi connectivity index (χ4n) is 4.51. The highest BCUT2D eigenvalue weighted by atomic mass is 35.5. The fraction of sp³-hybridized carbons (Fsp3) is 0.500. The molecule has 170 valence electrons. The van der Waals surface area contributed by atoms with E-state index in [0.29, 0.717) is 17.8 Å². The molecular weight excluding hydrogens is 457 g/mol. The molecule has 1 aromatic heterocycles. The Morgan fingerprint density at radius 2 is 1.87 bits per heavy atom. The van der Waals surface area contributed by atoms with Gasteiger partial charge >= 0.3 is 0 Å². The van der Waals surface area contributed by atoms with Crippen LogP contribution in [0.5, 0.6) is 5.75 Å². The number of hydrogen-bond donors (Lipinski definition) is 2. The van der Waals surface area contributed by atoms with Gasteiger partial charge in [-0.25, -0.2) is 4.98 Å². The van der Waals surface area contributed by atoms with Crippen LogP contribution >= 0.6 is 36.2 Å². The van der Waals surface area contributed by atoms with Crippen LogP contribution in [-0.4, -0.2) is 39.3 Å². The Hall–Kier alpha value is -1.67. The predicted molar refractivity (Wildman–Crippen MR) is 126 cm³/mol. The summed E-state index contributed by atoms with van der Waals surface area (Å²) in [5, 5.41) is 12.1. The third kappa shape index (κ3) is 5.58. The minimum atomic E-state index is -0.441. The van der Waals surface area contributed by atoms with E-state index in [0.717, 1.165) is 43.5 Å². The number of thiazole rings is 1. The number of phenols is 1. The molecule has 4 rings (SSSR count). The van der Waals surface area contributed by atoms with Gasteiger partial charge in [0.1, 0.15) is 16.5 Å². The molecule has 1 saturated carbocycles. The predicted octanol–water partition coefficient (Wildman–Crippen LogP) is 4.49. The van der Waals surface area contributed by atoms with Gasteiger partial charge in [0.2, 0.25) is 11.7 Å². The molecule has 1 amide bonds. The highest BCUT2D eigenvalue weighted by Gasteiger charge is 2.37. The molecule has 2 atom stereocenters. The SMILES string of the molecule is Cl.Cl.NC(C(=O)N1CCCC1c1nc(C(=O)c2cccc(O)c2)cs1)C1CCCCC1. The van der Waals surface area contributed by atoms with Crippen molar-refractivity contribution in [2.24, 2.45) is 11.7 Å². The zero-order chi connectivity index (χ0) is 20.4. The molecule has 1 aliphatic heterocycles. The zero-order valence-electron chi connectivity index (χ0n) is 17.2. The lowest BCUT2D eigenvalue weighted by Crippen LogP contribution is -2.48. The molecule has 1 aliphatic carbocycles. The van der Waals surface area contributed by atoms with E-state index in [1.165, 1.54) is 29.9 Å². The Balaban J connectivity index is 0.00000171. The van der Waals surface area contributed by atoms with E-state index in [2.05, 4.69) is 4.98 Å². The number of rotatable bonds is 5. The van der Waals surface area contributed by atoms with E-state index in [9.17, 15) is 14.7 Å². The second-order valence-electron chi connectivity index (χ2n) is 8.06. The molecule has 1 aromatic carbocycles. The monoisotopic (exact) mass is 485 g/mol. The van der Waals surface area contributed by atoms with Crippen LogP contribution in [0.1, 0.15) is 72.0 Å². The van der Waals surface area contributed by atoms with Crippen LogP contribution in [0.4, 0.5) is 0 Å². The standard InChI is InChI=1S/C22H27N3O3S.2ClH/c23-19(14-6-2-1-3-7-14)22(28)25-11-5-10-18(25)21-24-17(13-29-21)20(27)15-8-4-9-16(26)12-15;;/h4,8-9,12-14,18-19,26H,1-3,5-7,10-11,23H2;2*1H. The largest absolute Gasteiger partial charge is 0.508 e. The Bertz CT molecular complexity index is 902.